The largest absolute Gasteiger partial charge is 0.393 e. The minimum Gasteiger partial charge on any atom is -0.393 e. The summed E-state index contributed by atoms with van der Waals surface area (Å²) < 4.78 is 0. The second kappa shape index (κ2) is 4.91. The Morgan fingerprint density at radius 3 is 2.38 bits per heavy atom. The molecule has 110 valence electrons. The van der Waals surface area contributed by atoms with Crippen LogP contribution >= 0.6 is 0 Å². The molecule has 0 unspecified atom stereocenters. The zero-order chi connectivity index (χ0) is 15.1. The third-order valence-corrected chi connectivity index (χ3v) is 3.63. The van der Waals surface area contributed by atoms with E-state index in [1.807, 2.05) is 62.0 Å². The van der Waals surface area contributed by atoms with Crippen LogP contribution in [-0.4, -0.2) is 48.2 Å². The van der Waals surface area contributed by atoms with Gasteiger partial charge in [-0.25, -0.2) is 0 Å². The highest BCUT2D eigenvalue weighted by atomic mass is 16.6. The molecule has 0 fully saturated rings. The van der Waals surface area contributed by atoms with Crippen LogP contribution in [0.5, 0.6) is 0 Å². The number of Topliss-reactive ketones (excluding diaryl/α,β-unsaturated/α-hetero) is 1. The zero-order valence-electron chi connectivity index (χ0n) is 12.8. The number of benzene rings is 1. The predicted octanol–water partition coefficient (Wildman–Crippen LogP) is 2.06. The molecule has 0 amide bonds. The maximum atomic E-state index is 12.7. The summed E-state index contributed by atoms with van der Waals surface area (Å²) >= 11 is 0. The molecule has 1 aromatic carbocycles. The summed E-state index contributed by atoms with van der Waals surface area (Å²) in [6.07, 6.45) is -0.00391. The molecule has 0 saturated carbocycles. The second-order valence-corrected chi connectivity index (χ2v) is 5.70. The molecule has 0 spiro atoms. The Bertz CT molecular complexity index is 661. The van der Waals surface area contributed by atoms with E-state index in [1.54, 1.807) is 0 Å². The number of fused-ring (bicyclic) bond motifs is 1. The summed E-state index contributed by atoms with van der Waals surface area (Å²) in [6, 6.07) is 7.56. The summed E-state index contributed by atoms with van der Waals surface area (Å²) in [7, 11) is 3.89. The molecule has 1 aliphatic carbocycles. The number of nitrogens with zero attached hydrogens (tertiary/aromatic N) is 3. The first-order chi connectivity index (χ1) is 10.0. The van der Waals surface area contributed by atoms with Crippen LogP contribution in [0.15, 0.2) is 40.8 Å². The van der Waals surface area contributed by atoms with Crippen molar-refractivity contribution in [1.82, 2.24) is 9.80 Å². The molecule has 1 aliphatic heterocycles. The summed E-state index contributed by atoms with van der Waals surface area (Å²) in [5.41, 5.74) is 3.80. The Morgan fingerprint density at radius 1 is 1.10 bits per heavy atom. The average molecular weight is 285 g/mol. The first-order valence-electron chi connectivity index (χ1n) is 7.05. The lowest BCUT2D eigenvalue weighted by atomic mass is 9.90. The Labute approximate surface area is 124 Å². The molecular formula is C16H19N3O2. The van der Waals surface area contributed by atoms with Crippen molar-refractivity contribution in [2.24, 2.45) is 5.16 Å². The molecule has 1 aromatic rings. The number of allylic oxidation sites excluding steroid dienone is 2. The van der Waals surface area contributed by atoms with Crippen molar-refractivity contribution in [3.63, 3.8) is 0 Å². The van der Waals surface area contributed by atoms with Crippen LogP contribution < -0.4 is 0 Å². The van der Waals surface area contributed by atoms with Crippen molar-refractivity contribution in [2.45, 2.75) is 20.0 Å². The van der Waals surface area contributed by atoms with Crippen LogP contribution in [0.3, 0.4) is 0 Å². The second-order valence-electron chi connectivity index (χ2n) is 5.70. The van der Waals surface area contributed by atoms with Gasteiger partial charge in [-0.15, -0.1) is 0 Å². The topological polar surface area (TPSA) is 45.1 Å². The van der Waals surface area contributed by atoms with Crippen molar-refractivity contribution in [1.29, 1.82) is 0 Å². The van der Waals surface area contributed by atoms with Crippen molar-refractivity contribution < 1.29 is 9.63 Å². The van der Waals surface area contributed by atoms with Crippen LogP contribution in [-0.2, 0) is 4.84 Å². The standard InChI is InChI=1S/C16H19N3O2/c1-10(2)21-17-13-11-7-5-6-8-12(11)16(20)15-14(13)18(3)9-19(15)4/h5-8,10H,9H2,1-4H3/b17-13-. The van der Waals surface area contributed by atoms with Gasteiger partial charge in [-0.3, -0.25) is 4.79 Å². The first kappa shape index (κ1) is 13.7. The van der Waals surface area contributed by atoms with Crippen LogP contribution in [0.1, 0.15) is 29.8 Å². The average Bonchev–Trinajstić information content (AvgIpc) is 2.74. The molecule has 0 saturated heterocycles. The fourth-order valence-corrected chi connectivity index (χ4v) is 2.79. The third-order valence-electron chi connectivity index (χ3n) is 3.63. The van der Waals surface area contributed by atoms with Gasteiger partial charge in [-0.1, -0.05) is 29.4 Å². The Morgan fingerprint density at radius 2 is 1.71 bits per heavy atom. The van der Waals surface area contributed by atoms with E-state index < -0.39 is 0 Å². The van der Waals surface area contributed by atoms with Gasteiger partial charge in [0.05, 0.1) is 12.4 Å². The molecule has 3 rings (SSSR count). The molecular weight excluding hydrogens is 266 g/mol. The molecule has 5 heteroatoms. The number of hydrogen-bond donors (Lipinski definition) is 0. The van der Waals surface area contributed by atoms with E-state index in [0.717, 1.165) is 17.0 Å². The number of ketones is 1. The smallest absolute Gasteiger partial charge is 0.211 e. The van der Waals surface area contributed by atoms with E-state index in [9.17, 15) is 4.79 Å². The molecule has 1 heterocycles. The fourth-order valence-electron chi connectivity index (χ4n) is 2.79. The Balaban J connectivity index is 2.20. The summed E-state index contributed by atoms with van der Waals surface area (Å²) in [6.45, 7) is 4.54. The lowest BCUT2D eigenvalue weighted by molar-refractivity contribution is 0.0858. The van der Waals surface area contributed by atoms with E-state index in [1.165, 1.54) is 0 Å². The number of hydrogen-bond acceptors (Lipinski definition) is 5. The van der Waals surface area contributed by atoms with Gasteiger partial charge in [0.1, 0.15) is 17.5 Å². The lowest BCUT2D eigenvalue weighted by Crippen LogP contribution is -2.27. The highest BCUT2D eigenvalue weighted by Crippen LogP contribution is 2.33. The van der Waals surface area contributed by atoms with Crippen molar-refractivity contribution in [3.8, 4) is 0 Å². The van der Waals surface area contributed by atoms with Crippen LogP contribution in [0.25, 0.3) is 0 Å². The van der Waals surface area contributed by atoms with E-state index >= 15 is 0 Å². The third kappa shape index (κ3) is 2.09. The highest BCUT2D eigenvalue weighted by molar-refractivity contribution is 6.28. The quantitative estimate of drug-likeness (QED) is 0.780. The number of carbonyl (C=O) groups excluding carboxylic acids is 1. The Hall–Kier alpha value is -2.30. The van der Waals surface area contributed by atoms with Crippen LogP contribution in [0.2, 0.25) is 0 Å². The molecule has 0 atom stereocenters. The van der Waals surface area contributed by atoms with E-state index in [4.69, 9.17) is 4.84 Å². The zero-order valence-corrected chi connectivity index (χ0v) is 12.8. The SMILES string of the molecule is CC(C)O/N=C1\C2=C(C(=O)c3ccccc31)N(C)CN2C. The Kier molecular flexibility index (Phi) is 3.20. The lowest BCUT2D eigenvalue weighted by Gasteiger charge is -2.22. The van der Waals surface area contributed by atoms with Crippen molar-refractivity contribution in [3.05, 3.63) is 46.8 Å². The number of likely N-dealkylation sites (N-methyl/N-ethyl adjacent to an activating group) is 2. The number of rotatable bonds is 2. The first-order valence-corrected chi connectivity index (χ1v) is 7.05. The van der Waals surface area contributed by atoms with E-state index in [-0.39, 0.29) is 11.9 Å². The fraction of sp³-hybridized carbons (Fsp3) is 0.375. The normalized spacial score (nSPS) is 19.5. The van der Waals surface area contributed by atoms with Gasteiger partial charge >= 0.3 is 0 Å². The molecule has 21 heavy (non-hydrogen) atoms. The summed E-state index contributed by atoms with van der Waals surface area (Å²) in [5.74, 6) is 0.0518. The molecule has 2 aliphatic rings. The van der Waals surface area contributed by atoms with Gasteiger partial charge in [0, 0.05) is 25.2 Å². The van der Waals surface area contributed by atoms with E-state index in [0.29, 0.717) is 17.9 Å². The predicted molar refractivity (Wildman–Crippen MR) is 80.9 cm³/mol. The molecule has 0 N–H and O–H groups in total. The highest BCUT2D eigenvalue weighted by Gasteiger charge is 2.39. The summed E-state index contributed by atoms with van der Waals surface area (Å²) in [4.78, 5) is 22.2. The van der Waals surface area contributed by atoms with Gasteiger partial charge in [-0.05, 0) is 13.8 Å². The van der Waals surface area contributed by atoms with Crippen LogP contribution in [0, 0.1) is 0 Å². The monoisotopic (exact) mass is 285 g/mol. The number of oxime groups is 1. The van der Waals surface area contributed by atoms with Crippen LogP contribution in [0.4, 0.5) is 0 Å². The minimum absolute atomic E-state index is 0.00391. The van der Waals surface area contributed by atoms with E-state index in [2.05, 4.69) is 5.16 Å². The summed E-state index contributed by atoms with van der Waals surface area (Å²) in [5, 5.41) is 4.32. The van der Waals surface area contributed by atoms with Gasteiger partial charge in [0.25, 0.3) is 0 Å². The van der Waals surface area contributed by atoms with Gasteiger partial charge in [0.2, 0.25) is 5.78 Å². The maximum absolute atomic E-state index is 12.7. The maximum Gasteiger partial charge on any atom is 0.211 e. The molecule has 0 bridgehead atoms. The van der Waals surface area contributed by atoms with Crippen molar-refractivity contribution in [2.75, 3.05) is 20.8 Å². The van der Waals surface area contributed by atoms with Gasteiger partial charge in [-0.2, -0.15) is 0 Å². The van der Waals surface area contributed by atoms with Crippen molar-refractivity contribution >= 4 is 11.5 Å². The van der Waals surface area contributed by atoms with Gasteiger partial charge < -0.3 is 14.6 Å². The minimum atomic E-state index is -0.00391. The molecule has 0 radical (unpaired) electrons. The molecule has 0 aromatic heterocycles. The molecule has 5 nitrogen and oxygen atoms in total. The number of carbonyl (C=O) groups is 1. The van der Waals surface area contributed by atoms with Gasteiger partial charge in [0.15, 0.2) is 0 Å².